The first-order chi connectivity index (χ1) is 8.29. The molecule has 4 heteroatoms. The van der Waals surface area contributed by atoms with Crippen LogP contribution in [0.25, 0.3) is 0 Å². The van der Waals surface area contributed by atoms with E-state index in [2.05, 4.69) is 5.32 Å². The molecule has 0 aliphatic carbocycles. The van der Waals surface area contributed by atoms with Gasteiger partial charge in [-0.25, -0.2) is 0 Å². The summed E-state index contributed by atoms with van der Waals surface area (Å²) in [6, 6.07) is 9.02. The van der Waals surface area contributed by atoms with E-state index < -0.39 is 6.04 Å². The summed E-state index contributed by atoms with van der Waals surface area (Å²) < 4.78 is 0. The van der Waals surface area contributed by atoms with Crippen molar-refractivity contribution in [3.05, 3.63) is 35.9 Å². The fourth-order valence-electron chi connectivity index (χ4n) is 2.07. The van der Waals surface area contributed by atoms with Crippen LogP contribution < -0.4 is 11.1 Å². The van der Waals surface area contributed by atoms with E-state index in [1.807, 2.05) is 35.2 Å². The van der Waals surface area contributed by atoms with Crippen LogP contribution in [0.3, 0.4) is 0 Å². The van der Waals surface area contributed by atoms with Crippen molar-refractivity contribution in [1.82, 2.24) is 10.2 Å². The van der Waals surface area contributed by atoms with Crippen molar-refractivity contribution in [3.63, 3.8) is 0 Å². The molecule has 1 aromatic carbocycles. The summed E-state index contributed by atoms with van der Waals surface area (Å²) in [5, 5.41) is 3.28. The topological polar surface area (TPSA) is 58.4 Å². The van der Waals surface area contributed by atoms with E-state index in [9.17, 15) is 4.79 Å². The molecule has 1 fully saturated rings. The van der Waals surface area contributed by atoms with Crippen LogP contribution in [-0.2, 0) is 4.79 Å². The molecule has 17 heavy (non-hydrogen) atoms. The number of hydrogen-bond donors (Lipinski definition) is 2. The van der Waals surface area contributed by atoms with Gasteiger partial charge in [0, 0.05) is 19.6 Å². The van der Waals surface area contributed by atoms with E-state index >= 15 is 0 Å². The van der Waals surface area contributed by atoms with E-state index in [0.717, 1.165) is 38.2 Å². The number of benzene rings is 1. The van der Waals surface area contributed by atoms with Gasteiger partial charge in [0.05, 0.1) is 0 Å². The van der Waals surface area contributed by atoms with Gasteiger partial charge in [0.2, 0.25) is 5.91 Å². The Hall–Kier alpha value is -1.39. The number of carbonyl (C=O) groups excluding carboxylic acids is 1. The normalized spacial score (nSPS) is 18.5. The smallest absolute Gasteiger partial charge is 0.244 e. The zero-order valence-corrected chi connectivity index (χ0v) is 9.93. The first kappa shape index (κ1) is 12.1. The molecule has 1 saturated heterocycles. The quantitative estimate of drug-likeness (QED) is 0.782. The Bertz CT molecular complexity index is 358. The maximum absolute atomic E-state index is 12.2. The summed E-state index contributed by atoms with van der Waals surface area (Å²) in [6.45, 7) is 3.38. The third kappa shape index (κ3) is 3.05. The molecule has 0 spiro atoms. The molecule has 0 saturated carbocycles. The first-order valence-electron chi connectivity index (χ1n) is 6.09. The van der Waals surface area contributed by atoms with Crippen LogP contribution in [0, 0.1) is 0 Å². The average molecular weight is 233 g/mol. The van der Waals surface area contributed by atoms with E-state index in [0.29, 0.717) is 0 Å². The van der Waals surface area contributed by atoms with Gasteiger partial charge >= 0.3 is 0 Å². The third-order valence-electron chi connectivity index (χ3n) is 3.08. The molecule has 1 unspecified atom stereocenters. The van der Waals surface area contributed by atoms with E-state index in [-0.39, 0.29) is 5.91 Å². The molecule has 0 aromatic heterocycles. The van der Waals surface area contributed by atoms with Crippen LogP contribution in [0.1, 0.15) is 18.0 Å². The molecular formula is C13H19N3O. The Morgan fingerprint density at radius 2 is 2.00 bits per heavy atom. The Labute approximate surface area is 102 Å². The lowest BCUT2D eigenvalue weighted by molar-refractivity contribution is -0.132. The Morgan fingerprint density at radius 1 is 1.24 bits per heavy atom. The van der Waals surface area contributed by atoms with Gasteiger partial charge < -0.3 is 16.0 Å². The predicted molar refractivity (Wildman–Crippen MR) is 67.4 cm³/mol. The maximum atomic E-state index is 12.2. The molecule has 1 aliphatic heterocycles. The van der Waals surface area contributed by atoms with E-state index in [1.54, 1.807) is 0 Å². The lowest BCUT2D eigenvalue weighted by Crippen LogP contribution is -2.40. The van der Waals surface area contributed by atoms with Crippen molar-refractivity contribution in [2.24, 2.45) is 5.73 Å². The van der Waals surface area contributed by atoms with Gasteiger partial charge in [0.15, 0.2) is 0 Å². The number of carbonyl (C=O) groups is 1. The second-order valence-electron chi connectivity index (χ2n) is 4.32. The minimum Gasteiger partial charge on any atom is -0.340 e. The molecular weight excluding hydrogens is 214 g/mol. The van der Waals surface area contributed by atoms with Gasteiger partial charge in [-0.1, -0.05) is 30.3 Å². The molecule has 92 valence electrons. The van der Waals surface area contributed by atoms with Gasteiger partial charge in [-0.05, 0) is 18.5 Å². The number of nitrogens with zero attached hydrogens (tertiary/aromatic N) is 1. The number of rotatable bonds is 2. The number of nitrogens with one attached hydrogen (secondary N) is 1. The summed E-state index contributed by atoms with van der Waals surface area (Å²) in [5.74, 6) is 0.0277. The van der Waals surface area contributed by atoms with Crippen LogP contribution in [0.5, 0.6) is 0 Å². The van der Waals surface area contributed by atoms with Crippen LogP contribution in [0.4, 0.5) is 0 Å². The van der Waals surface area contributed by atoms with Crippen LogP contribution >= 0.6 is 0 Å². The fourth-order valence-corrected chi connectivity index (χ4v) is 2.07. The monoisotopic (exact) mass is 233 g/mol. The highest BCUT2D eigenvalue weighted by atomic mass is 16.2. The molecule has 2 rings (SSSR count). The summed E-state index contributed by atoms with van der Waals surface area (Å²) in [5.41, 5.74) is 6.89. The average Bonchev–Trinajstić information content (AvgIpc) is 2.67. The van der Waals surface area contributed by atoms with Crippen LogP contribution in [0.15, 0.2) is 30.3 Å². The lowest BCUT2D eigenvalue weighted by atomic mass is 10.1. The molecule has 1 aromatic rings. The Kier molecular flexibility index (Phi) is 4.12. The molecule has 3 N–H and O–H groups in total. The highest BCUT2D eigenvalue weighted by Crippen LogP contribution is 2.13. The zero-order valence-electron chi connectivity index (χ0n) is 9.93. The maximum Gasteiger partial charge on any atom is 0.244 e. The largest absolute Gasteiger partial charge is 0.340 e. The second kappa shape index (κ2) is 5.80. The second-order valence-corrected chi connectivity index (χ2v) is 4.32. The molecule has 1 amide bonds. The van der Waals surface area contributed by atoms with Crippen molar-refractivity contribution in [2.45, 2.75) is 12.5 Å². The minimum absolute atomic E-state index is 0.0277. The van der Waals surface area contributed by atoms with E-state index in [1.165, 1.54) is 0 Å². The number of hydrogen-bond acceptors (Lipinski definition) is 3. The van der Waals surface area contributed by atoms with Gasteiger partial charge in [0.1, 0.15) is 6.04 Å². The van der Waals surface area contributed by atoms with Crippen molar-refractivity contribution in [3.8, 4) is 0 Å². The molecule has 4 nitrogen and oxygen atoms in total. The third-order valence-corrected chi connectivity index (χ3v) is 3.08. The molecule has 0 bridgehead atoms. The van der Waals surface area contributed by atoms with Crippen molar-refractivity contribution >= 4 is 5.91 Å². The summed E-state index contributed by atoms with van der Waals surface area (Å²) in [7, 11) is 0. The van der Waals surface area contributed by atoms with Crippen molar-refractivity contribution in [1.29, 1.82) is 0 Å². The minimum atomic E-state index is -0.533. The van der Waals surface area contributed by atoms with Gasteiger partial charge in [-0.15, -0.1) is 0 Å². The highest BCUT2D eigenvalue weighted by Gasteiger charge is 2.22. The fraction of sp³-hybridized carbons (Fsp3) is 0.462. The van der Waals surface area contributed by atoms with Crippen molar-refractivity contribution in [2.75, 3.05) is 26.2 Å². The molecule has 1 atom stereocenters. The van der Waals surface area contributed by atoms with Crippen molar-refractivity contribution < 1.29 is 4.79 Å². The Morgan fingerprint density at radius 3 is 2.76 bits per heavy atom. The molecule has 1 aliphatic rings. The predicted octanol–water partition coefficient (Wildman–Crippen LogP) is 0.508. The van der Waals surface area contributed by atoms with E-state index in [4.69, 9.17) is 5.73 Å². The molecule has 1 heterocycles. The summed E-state index contributed by atoms with van der Waals surface area (Å²) in [4.78, 5) is 14.1. The lowest BCUT2D eigenvalue weighted by Gasteiger charge is -2.23. The SMILES string of the molecule is NC(C(=O)N1CCCNCC1)c1ccccc1. The summed E-state index contributed by atoms with van der Waals surface area (Å²) in [6.07, 6.45) is 0.993. The van der Waals surface area contributed by atoms with Gasteiger partial charge in [0.25, 0.3) is 0 Å². The first-order valence-corrected chi connectivity index (χ1v) is 6.09. The van der Waals surface area contributed by atoms with Crippen LogP contribution in [0.2, 0.25) is 0 Å². The number of amides is 1. The number of nitrogens with two attached hydrogens (primary N) is 1. The standard InChI is InChI=1S/C13H19N3O/c14-12(11-5-2-1-3-6-11)13(17)16-9-4-7-15-8-10-16/h1-3,5-6,12,15H,4,7-10,14H2. The molecule has 0 radical (unpaired) electrons. The summed E-state index contributed by atoms with van der Waals surface area (Å²) >= 11 is 0. The highest BCUT2D eigenvalue weighted by molar-refractivity contribution is 5.83. The zero-order chi connectivity index (χ0) is 12.1. The Balaban J connectivity index is 2.03. The van der Waals surface area contributed by atoms with Gasteiger partial charge in [-0.2, -0.15) is 0 Å². The van der Waals surface area contributed by atoms with Gasteiger partial charge in [-0.3, -0.25) is 4.79 Å². The van der Waals surface area contributed by atoms with Crippen LogP contribution in [-0.4, -0.2) is 37.0 Å².